The fraction of sp³-hybridized carbons (Fsp3) is 0.474. The summed E-state index contributed by atoms with van der Waals surface area (Å²) in [5, 5.41) is 0. The number of unbranched alkanes of at least 4 members (excludes halogenated alkanes) is 1. The zero-order chi connectivity index (χ0) is 15.5. The Labute approximate surface area is 129 Å². The molecule has 2 heteroatoms. The summed E-state index contributed by atoms with van der Waals surface area (Å²) >= 11 is 0. The summed E-state index contributed by atoms with van der Waals surface area (Å²) in [6.07, 6.45) is 6.23. The Kier molecular flexibility index (Phi) is 8.53. The highest BCUT2D eigenvalue weighted by molar-refractivity contribution is 5.68. The summed E-state index contributed by atoms with van der Waals surface area (Å²) in [6.45, 7) is 10.5. The van der Waals surface area contributed by atoms with Gasteiger partial charge >= 0.3 is 0 Å². The monoisotopic (exact) mass is 288 g/mol. The highest BCUT2D eigenvalue weighted by atomic mass is 16.5. The Bertz CT molecular complexity index is 455. The molecule has 0 spiro atoms. The molecule has 0 fully saturated rings. The molecular weight excluding hydrogens is 260 g/mol. The van der Waals surface area contributed by atoms with Crippen LogP contribution in [0.5, 0.6) is 0 Å². The summed E-state index contributed by atoms with van der Waals surface area (Å²) < 4.78 is 11.0. The Morgan fingerprint density at radius 1 is 0.952 bits per heavy atom. The smallest absolute Gasteiger partial charge is 0.111 e. The van der Waals surface area contributed by atoms with Gasteiger partial charge in [0, 0.05) is 6.61 Å². The fourth-order valence-corrected chi connectivity index (χ4v) is 1.87. The lowest BCUT2D eigenvalue weighted by molar-refractivity contribution is 0.0834. The van der Waals surface area contributed by atoms with E-state index in [2.05, 4.69) is 58.0 Å². The molecule has 0 bridgehead atoms. The number of benzene rings is 1. The van der Waals surface area contributed by atoms with Crippen LogP contribution in [0.4, 0.5) is 0 Å². The molecule has 0 aromatic heterocycles. The van der Waals surface area contributed by atoms with E-state index in [1.807, 2.05) is 6.26 Å². The number of rotatable bonds is 9. The second kappa shape index (κ2) is 10.2. The summed E-state index contributed by atoms with van der Waals surface area (Å²) in [4.78, 5) is 0. The van der Waals surface area contributed by atoms with Gasteiger partial charge in [-0.15, -0.1) is 0 Å². The van der Waals surface area contributed by atoms with Gasteiger partial charge in [-0.05, 0) is 49.5 Å². The average molecular weight is 288 g/mol. The van der Waals surface area contributed by atoms with Crippen LogP contribution in [0.25, 0.3) is 11.1 Å². The first kappa shape index (κ1) is 17.5. The minimum Gasteiger partial charge on any atom is -0.498 e. The molecule has 0 aliphatic heterocycles. The van der Waals surface area contributed by atoms with E-state index >= 15 is 0 Å². The molecular formula is C19H28O2. The highest BCUT2D eigenvalue weighted by Gasteiger charge is 1.98. The van der Waals surface area contributed by atoms with E-state index in [1.54, 1.807) is 0 Å². The van der Waals surface area contributed by atoms with Gasteiger partial charge in [0.1, 0.15) is 6.61 Å². The van der Waals surface area contributed by atoms with Crippen molar-refractivity contribution in [1.29, 1.82) is 0 Å². The summed E-state index contributed by atoms with van der Waals surface area (Å²) in [5.41, 5.74) is 4.88. The largest absolute Gasteiger partial charge is 0.498 e. The normalized spacial score (nSPS) is 12.6. The van der Waals surface area contributed by atoms with E-state index in [0.717, 1.165) is 18.6 Å². The minimum atomic E-state index is 0.608. The van der Waals surface area contributed by atoms with Crippen LogP contribution in [0.2, 0.25) is 0 Å². The zero-order valence-electron chi connectivity index (χ0n) is 13.8. The number of ether oxygens (including phenoxy) is 2. The van der Waals surface area contributed by atoms with Crippen LogP contribution in [0, 0.1) is 0 Å². The maximum absolute atomic E-state index is 5.53. The topological polar surface area (TPSA) is 18.5 Å². The molecule has 21 heavy (non-hydrogen) atoms. The molecule has 1 aromatic carbocycles. The number of hydrogen-bond acceptors (Lipinski definition) is 2. The van der Waals surface area contributed by atoms with Crippen LogP contribution in [0.3, 0.4) is 0 Å². The molecule has 0 aliphatic rings. The van der Waals surface area contributed by atoms with Crippen molar-refractivity contribution in [3.63, 3.8) is 0 Å². The maximum atomic E-state index is 5.53. The molecule has 0 radical (unpaired) electrons. The van der Waals surface area contributed by atoms with E-state index in [9.17, 15) is 0 Å². The molecule has 1 aromatic rings. The second-order valence-electron chi connectivity index (χ2n) is 5.19. The zero-order valence-corrected chi connectivity index (χ0v) is 13.8. The Balaban J connectivity index is 2.40. The van der Waals surface area contributed by atoms with Gasteiger partial charge in [0.25, 0.3) is 0 Å². The molecule has 0 unspecified atom stereocenters. The lowest BCUT2D eigenvalue weighted by atomic mass is 10.0. The SMILES string of the molecule is C/C=C(\C)c1ccc(/C(C)=C/OCCOCCCC)cc1. The van der Waals surface area contributed by atoms with Crippen LogP contribution in [0.15, 0.2) is 36.6 Å². The van der Waals surface area contributed by atoms with Crippen LogP contribution in [-0.2, 0) is 9.47 Å². The third-order valence-corrected chi connectivity index (χ3v) is 3.48. The first-order chi connectivity index (χ1) is 10.2. The van der Waals surface area contributed by atoms with Crippen LogP contribution >= 0.6 is 0 Å². The molecule has 0 saturated heterocycles. The van der Waals surface area contributed by atoms with Gasteiger partial charge in [0.2, 0.25) is 0 Å². The molecule has 0 saturated carbocycles. The van der Waals surface area contributed by atoms with Crippen molar-refractivity contribution < 1.29 is 9.47 Å². The van der Waals surface area contributed by atoms with Gasteiger partial charge in [-0.1, -0.05) is 43.7 Å². The van der Waals surface area contributed by atoms with Crippen LogP contribution in [-0.4, -0.2) is 19.8 Å². The van der Waals surface area contributed by atoms with Gasteiger partial charge in [-0.3, -0.25) is 0 Å². The van der Waals surface area contributed by atoms with E-state index in [-0.39, 0.29) is 0 Å². The molecule has 0 amide bonds. The van der Waals surface area contributed by atoms with E-state index in [4.69, 9.17) is 9.47 Å². The minimum absolute atomic E-state index is 0.608. The first-order valence-electron chi connectivity index (χ1n) is 7.78. The van der Waals surface area contributed by atoms with Crippen molar-refractivity contribution in [3.8, 4) is 0 Å². The molecule has 0 N–H and O–H groups in total. The Morgan fingerprint density at radius 2 is 1.57 bits per heavy atom. The molecule has 2 nitrogen and oxygen atoms in total. The number of hydrogen-bond donors (Lipinski definition) is 0. The number of allylic oxidation sites excluding steroid dienone is 3. The lowest BCUT2D eigenvalue weighted by Crippen LogP contribution is -2.02. The van der Waals surface area contributed by atoms with Gasteiger partial charge in [0.05, 0.1) is 12.9 Å². The standard InChI is InChI=1S/C19H28O2/c1-5-7-12-20-13-14-21-15-17(4)19-10-8-18(9-11-19)16(3)6-2/h6,8-11,15H,5,7,12-14H2,1-4H3/b16-6+,17-15+. The summed E-state index contributed by atoms with van der Waals surface area (Å²) in [6, 6.07) is 8.57. The van der Waals surface area contributed by atoms with Crippen molar-refractivity contribution >= 4 is 11.1 Å². The molecule has 0 aliphatic carbocycles. The van der Waals surface area contributed by atoms with Gasteiger partial charge in [0.15, 0.2) is 0 Å². The third kappa shape index (κ3) is 6.63. The summed E-state index contributed by atoms with van der Waals surface area (Å²) in [5.74, 6) is 0. The van der Waals surface area contributed by atoms with Crippen LogP contribution in [0.1, 0.15) is 51.7 Å². The van der Waals surface area contributed by atoms with Crippen molar-refractivity contribution in [2.75, 3.05) is 19.8 Å². The molecule has 116 valence electrons. The van der Waals surface area contributed by atoms with Crippen molar-refractivity contribution in [2.24, 2.45) is 0 Å². The lowest BCUT2D eigenvalue weighted by Gasteiger charge is -2.07. The van der Waals surface area contributed by atoms with Gasteiger partial charge < -0.3 is 9.47 Å². The molecule has 0 atom stereocenters. The van der Waals surface area contributed by atoms with Crippen LogP contribution < -0.4 is 0 Å². The van der Waals surface area contributed by atoms with Crippen molar-refractivity contribution in [2.45, 2.75) is 40.5 Å². The average Bonchev–Trinajstić information content (AvgIpc) is 2.53. The maximum Gasteiger partial charge on any atom is 0.111 e. The second-order valence-corrected chi connectivity index (χ2v) is 5.19. The predicted octanol–water partition coefficient (Wildman–Crippen LogP) is 5.30. The predicted molar refractivity (Wildman–Crippen MR) is 91.1 cm³/mol. The fourth-order valence-electron chi connectivity index (χ4n) is 1.87. The van der Waals surface area contributed by atoms with Crippen molar-refractivity contribution in [3.05, 3.63) is 47.7 Å². The Morgan fingerprint density at radius 3 is 2.14 bits per heavy atom. The highest BCUT2D eigenvalue weighted by Crippen LogP contribution is 2.18. The van der Waals surface area contributed by atoms with Crippen molar-refractivity contribution in [1.82, 2.24) is 0 Å². The first-order valence-corrected chi connectivity index (χ1v) is 7.78. The quantitative estimate of drug-likeness (QED) is 0.453. The van der Waals surface area contributed by atoms with E-state index < -0.39 is 0 Å². The Hall–Kier alpha value is -1.54. The van der Waals surface area contributed by atoms with E-state index in [0.29, 0.717) is 13.2 Å². The molecule has 1 rings (SSSR count). The molecule has 0 heterocycles. The van der Waals surface area contributed by atoms with Gasteiger partial charge in [-0.2, -0.15) is 0 Å². The van der Waals surface area contributed by atoms with Gasteiger partial charge in [-0.25, -0.2) is 0 Å². The van der Waals surface area contributed by atoms with E-state index in [1.165, 1.54) is 23.1 Å². The summed E-state index contributed by atoms with van der Waals surface area (Å²) in [7, 11) is 0. The third-order valence-electron chi connectivity index (χ3n) is 3.48.